The van der Waals surface area contributed by atoms with Crippen LogP contribution in [0, 0.1) is 5.92 Å². The summed E-state index contributed by atoms with van der Waals surface area (Å²) in [5.74, 6) is 0.146. The maximum atomic E-state index is 12.1. The van der Waals surface area contributed by atoms with Gasteiger partial charge in [0.2, 0.25) is 11.8 Å². The van der Waals surface area contributed by atoms with Crippen LogP contribution >= 0.6 is 0 Å². The van der Waals surface area contributed by atoms with Gasteiger partial charge >= 0.3 is 0 Å². The van der Waals surface area contributed by atoms with Crippen molar-refractivity contribution in [3.8, 4) is 0 Å². The fraction of sp³-hybridized carbons (Fsp3) is 0.875. The number of carbonyl (C=O) groups is 2. The first-order valence-corrected chi connectivity index (χ1v) is 8.29. The third-order valence-electron chi connectivity index (χ3n) is 4.62. The summed E-state index contributed by atoms with van der Waals surface area (Å²) in [5, 5.41) is 3.00. The fourth-order valence-electron chi connectivity index (χ4n) is 3.38. The molecule has 2 rings (SSSR count). The Labute approximate surface area is 122 Å². The van der Waals surface area contributed by atoms with Gasteiger partial charge in [0.25, 0.3) is 0 Å². The van der Waals surface area contributed by atoms with E-state index in [0.29, 0.717) is 19.0 Å². The van der Waals surface area contributed by atoms with Gasteiger partial charge in [0, 0.05) is 25.6 Å². The molecule has 1 heterocycles. The molecule has 1 saturated carbocycles. The standard InChI is InChI=1S/C16H28N2O2/c1-2-3-4-7-10-17-16(20)13-11-15(19)18(12-13)14-8-5-6-9-14/h13-14H,2-12H2,1H3,(H,17,20)/t13-/m1/s1. The summed E-state index contributed by atoms with van der Waals surface area (Å²) in [6, 6.07) is 0.407. The third kappa shape index (κ3) is 3.97. The van der Waals surface area contributed by atoms with Crippen LogP contribution in [0.1, 0.15) is 64.7 Å². The van der Waals surface area contributed by atoms with E-state index < -0.39 is 0 Å². The van der Waals surface area contributed by atoms with Crippen LogP contribution in [-0.4, -0.2) is 35.8 Å². The first-order chi connectivity index (χ1) is 9.72. The molecule has 0 aromatic heterocycles. The van der Waals surface area contributed by atoms with Crippen LogP contribution in [0.4, 0.5) is 0 Å². The number of hydrogen-bond acceptors (Lipinski definition) is 2. The van der Waals surface area contributed by atoms with E-state index in [9.17, 15) is 9.59 Å². The van der Waals surface area contributed by atoms with Gasteiger partial charge in [-0.1, -0.05) is 39.0 Å². The van der Waals surface area contributed by atoms with Gasteiger partial charge < -0.3 is 10.2 Å². The molecule has 2 amide bonds. The van der Waals surface area contributed by atoms with Crippen LogP contribution < -0.4 is 5.32 Å². The smallest absolute Gasteiger partial charge is 0.225 e. The molecule has 0 spiro atoms. The van der Waals surface area contributed by atoms with Crippen LogP contribution in [0.2, 0.25) is 0 Å². The first kappa shape index (κ1) is 15.3. The molecule has 2 fully saturated rings. The maximum absolute atomic E-state index is 12.1. The normalized spacial score (nSPS) is 23.6. The van der Waals surface area contributed by atoms with Crippen LogP contribution in [0.5, 0.6) is 0 Å². The van der Waals surface area contributed by atoms with Gasteiger partial charge in [-0.2, -0.15) is 0 Å². The molecule has 0 bridgehead atoms. The van der Waals surface area contributed by atoms with Crippen molar-refractivity contribution < 1.29 is 9.59 Å². The summed E-state index contributed by atoms with van der Waals surface area (Å²) < 4.78 is 0. The van der Waals surface area contributed by atoms with Crippen molar-refractivity contribution >= 4 is 11.8 Å². The number of amides is 2. The quantitative estimate of drug-likeness (QED) is 0.728. The van der Waals surface area contributed by atoms with Crippen LogP contribution in [0.25, 0.3) is 0 Å². The molecule has 0 aromatic rings. The highest BCUT2D eigenvalue weighted by molar-refractivity contribution is 5.89. The highest BCUT2D eigenvalue weighted by atomic mass is 16.2. The lowest BCUT2D eigenvalue weighted by atomic mass is 10.1. The van der Waals surface area contributed by atoms with E-state index >= 15 is 0 Å². The van der Waals surface area contributed by atoms with E-state index in [1.165, 1.54) is 32.1 Å². The molecule has 114 valence electrons. The van der Waals surface area contributed by atoms with Gasteiger partial charge in [-0.25, -0.2) is 0 Å². The summed E-state index contributed by atoms with van der Waals surface area (Å²) in [5.41, 5.74) is 0. The molecule has 0 unspecified atom stereocenters. The lowest BCUT2D eigenvalue weighted by Gasteiger charge is -2.23. The average molecular weight is 280 g/mol. The predicted molar refractivity (Wildman–Crippen MR) is 79.2 cm³/mol. The maximum Gasteiger partial charge on any atom is 0.225 e. The zero-order valence-electron chi connectivity index (χ0n) is 12.7. The van der Waals surface area contributed by atoms with Crippen molar-refractivity contribution in [3.63, 3.8) is 0 Å². The zero-order valence-corrected chi connectivity index (χ0v) is 12.7. The van der Waals surface area contributed by atoms with Gasteiger partial charge in [0.15, 0.2) is 0 Å². The Balaban J connectivity index is 1.70. The second-order valence-electron chi connectivity index (χ2n) is 6.24. The monoisotopic (exact) mass is 280 g/mol. The molecular formula is C16H28N2O2. The highest BCUT2D eigenvalue weighted by Gasteiger charge is 2.38. The minimum atomic E-state index is -0.116. The predicted octanol–water partition coefficient (Wildman–Crippen LogP) is 2.47. The second kappa shape index (κ2) is 7.65. The Morgan fingerprint density at radius 2 is 2.00 bits per heavy atom. The molecule has 1 saturated heterocycles. The number of rotatable bonds is 7. The van der Waals surface area contributed by atoms with E-state index in [0.717, 1.165) is 25.8 Å². The first-order valence-electron chi connectivity index (χ1n) is 8.29. The Hall–Kier alpha value is -1.06. The number of hydrogen-bond donors (Lipinski definition) is 1. The van der Waals surface area contributed by atoms with Crippen molar-refractivity contribution in [2.45, 2.75) is 70.8 Å². The highest BCUT2D eigenvalue weighted by Crippen LogP contribution is 2.29. The summed E-state index contributed by atoms with van der Waals surface area (Å²) in [4.78, 5) is 26.1. The SMILES string of the molecule is CCCCCCNC(=O)[C@@H]1CC(=O)N(C2CCCC2)C1. The Morgan fingerprint density at radius 3 is 2.70 bits per heavy atom. The second-order valence-corrected chi connectivity index (χ2v) is 6.24. The molecule has 1 aliphatic carbocycles. The Kier molecular flexibility index (Phi) is 5.86. The van der Waals surface area contributed by atoms with Crippen LogP contribution in [0.15, 0.2) is 0 Å². The van der Waals surface area contributed by atoms with Crippen molar-refractivity contribution in [3.05, 3.63) is 0 Å². The topological polar surface area (TPSA) is 49.4 Å². The molecule has 20 heavy (non-hydrogen) atoms. The molecule has 0 aromatic carbocycles. The molecule has 1 aliphatic heterocycles. The van der Waals surface area contributed by atoms with Gasteiger partial charge in [-0.15, -0.1) is 0 Å². The number of unbranched alkanes of at least 4 members (excludes halogenated alkanes) is 3. The Bertz CT molecular complexity index is 337. The van der Waals surface area contributed by atoms with Gasteiger partial charge in [0.05, 0.1) is 5.92 Å². The molecular weight excluding hydrogens is 252 g/mol. The third-order valence-corrected chi connectivity index (χ3v) is 4.62. The van der Waals surface area contributed by atoms with Crippen LogP contribution in [-0.2, 0) is 9.59 Å². The lowest BCUT2D eigenvalue weighted by Crippen LogP contribution is -2.37. The Morgan fingerprint density at radius 1 is 1.25 bits per heavy atom. The summed E-state index contributed by atoms with van der Waals surface area (Å²) >= 11 is 0. The van der Waals surface area contributed by atoms with E-state index in [4.69, 9.17) is 0 Å². The molecule has 1 N–H and O–H groups in total. The minimum Gasteiger partial charge on any atom is -0.356 e. The number of carbonyl (C=O) groups excluding carboxylic acids is 2. The fourth-order valence-corrected chi connectivity index (χ4v) is 3.38. The molecule has 2 aliphatic rings. The lowest BCUT2D eigenvalue weighted by molar-refractivity contribution is -0.130. The largest absolute Gasteiger partial charge is 0.356 e. The van der Waals surface area contributed by atoms with Crippen molar-refractivity contribution in [1.82, 2.24) is 10.2 Å². The molecule has 0 radical (unpaired) electrons. The van der Waals surface area contributed by atoms with E-state index in [1.54, 1.807) is 0 Å². The summed E-state index contributed by atoms with van der Waals surface area (Å²) in [7, 11) is 0. The van der Waals surface area contributed by atoms with Crippen molar-refractivity contribution in [2.75, 3.05) is 13.1 Å². The molecule has 4 heteroatoms. The summed E-state index contributed by atoms with van der Waals surface area (Å²) in [6.07, 6.45) is 9.77. The van der Waals surface area contributed by atoms with Gasteiger partial charge in [0.1, 0.15) is 0 Å². The number of nitrogens with zero attached hydrogens (tertiary/aromatic N) is 1. The van der Waals surface area contributed by atoms with Crippen molar-refractivity contribution in [1.29, 1.82) is 0 Å². The van der Waals surface area contributed by atoms with Crippen molar-refractivity contribution in [2.24, 2.45) is 5.92 Å². The molecule has 1 atom stereocenters. The molecule has 4 nitrogen and oxygen atoms in total. The van der Waals surface area contributed by atoms with Gasteiger partial charge in [-0.3, -0.25) is 9.59 Å². The van der Waals surface area contributed by atoms with E-state index in [2.05, 4.69) is 12.2 Å². The van der Waals surface area contributed by atoms with Crippen LogP contribution in [0.3, 0.4) is 0 Å². The number of nitrogens with one attached hydrogen (secondary N) is 1. The zero-order chi connectivity index (χ0) is 14.4. The van der Waals surface area contributed by atoms with E-state index in [-0.39, 0.29) is 17.7 Å². The minimum absolute atomic E-state index is 0.0790. The number of likely N-dealkylation sites (tertiary alicyclic amines) is 1. The van der Waals surface area contributed by atoms with E-state index in [1.807, 2.05) is 4.90 Å². The summed E-state index contributed by atoms with van der Waals surface area (Å²) in [6.45, 7) is 3.58. The average Bonchev–Trinajstić information content (AvgIpc) is 3.07. The van der Waals surface area contributed by atoms with Gasteiger partial charge in [-0.05, 0) is 19.3 Å².